The van der Waals surface area contributed by atoms with E-state index in [1.807, 2.05) is 24.3 Å². The molecule has 0 aromatic carbocycles. The van der Waals surface area contributed by atoms with Crippen LogP contribution in [0.3, 0.4) is 0 Å². The molecule has 29 heavy (non-hydrogen) atoms. The zero-order valence-electron chi connectivity index (χ0n) is 16.7. The Bertz CT molecular complexity index is 808. The minimum atomic E-state index is 0.0622. The second-order valence-corrected chi connectivity index (χ2v) is 7.86. The summed E-state index contributed by atoms with van der Waals surface area (Å²) in [5.74, 6) is 1.43. The highest BCUT2D eigenvalue weighted by atomic mass is 16.1. The van der Waals surface area contributed by atoms with Crippen LogP contribution in [0.1, 0.15) is 31.4 Å². The Kier molecular flexibility index (Phi) is 6.19. The summed E-state index contributed by atoms with van der Waals surface area (Å²) in [5, 5.41) is 3.06. The average Bonchev–Trinajstić information content (AvgIpc) is 2.78. The van der Waals surface area contributed by atoms with Gasteiger partial charge in [0.25, 0.3) is 0 Å². The standard InChI is InChI=1S/C21H29N7O/c22-21-24-10-6-19(26-21)27-12-7-18(8-13-27)28-11-3-4-16(15-28)20(29)25-14-17-5-1-2-9-23-17/h1-2,5-6,9-10,16,18H,3-4,7-8,11-15H2,(H,25,29)(H2,22,24,26)/t16-/m1/s1. The highest BCUT2D eigenvalue weighted by Crippen LogP contribution is 2.26. The second-order valence-electron chi connectivity index (χ2n) is 7.86. The third-order valence-electron chi connectivity index (χ3n) is 5.96. The normalized spacial score (nSPS) is 21.1. The fraction of sp³-hybridized carbons (Fsp3) is 0.524. The minimum Gasteiger partial charge on any atom is -0.368 e. The monoisotopic (exact) mass is 395 g/mol. The quantitative estimate of drug-likeness (QED) is 0.790. The molecule has 8 heteroatoms. The molecule has 2 fully saturated rings. The SMILES string of the molecule is Nc1nccc(N2CCC(N3CCC[C@@H](C(=O)NCc4ccccn4)C3)CC2)n1. The lowest BCUT2D eigenvalue weighted by Crippen LogP contribution is -2.51. The van der Waals surface area contributed by atoms with Crippen molar-refractivity contribution in [3.05, 3.63) is 42.4 Å². The first-order chi connectivity index (χ1) is 14.2. The molecule has 4 heterocycles. The molecule has 0 radical (unpaired) electrons. The van der Waals surface area contributed by atoms with Crippen LogP contribution in [0.5, 0.6) is 0 Å². The van der Waals surface area contributed by atoms with Crippen LogP contribution in [-0.2, 0) is 11.3 Å². The number of nitrogens with zero attached hydrogens (tertiary/aromatic N) is 5. The number of pyridine rings is 1. The Hall–Kier alpha value is -2.74. The van der Waals surface area contributed by atoms with Gasteiger partial charge < -0.3 is 16.0 Å². The first-order valence-corrected chi connectivity index (χ1v) is 10.4. The van der Waals surface area contributed by atoms with Gasteiger partial charge >= 0.3 is 0 Å². The maximum absolute atomic E-state index is 12.7. The molecule has 1 amide bonds. The predicted octanol–water partition coefficient (Wildman–Crippen LogP) is 1.45. The number of likely N-dealkylation sites (tertiary alicyclic amines) is 1. The highest BCUT2D eigenvalue weighted by Gasteiger charge is 2.31. The number of nitrogens with one attached hydrogen (secondary N) is 1. The van der Waals surface area contributed by atoms with Gasteiger partial charge in [-0.25, -0.2) is 4.98 Å². The fourth-order valence-corrected chi connectivity index (χ4v) is 4.38. The van der Waals surface area contributed by atoms with Crippen molar-refractivity contribution in [1.29, 1.82) is 0 Å². The van der Waals surface area contributed by atoms with Crippen LogP contribution in [0.2, 0.25) is 0 Å². The topological polar surface area (TPSA) is 100 Å². The van der Waals surface area contributed by atoms with E-state index in [9.17, 15) is 4.79 Å². The summed E-state index contributed by atoms with van der Waals surface area (Å²) in [6, 6.07) is 8.21. The maximum Gasteiger partial charge on any atom is 0.224 e. The molecule has 3 N–H and O–H groups in total. The molecule has 0 aliphatic carbocycles. The van der Waals surface area contributed by atoms with Gasteiger partial charge in [-0.1, -0.05) is 6.07 Å². The van der Waals surface area contributed by atoms with E-state index in [4.69, 9.17) is 5.73 Å². The Morgan fingerprint density at radius 1 is 1.10 bits per heavy atom. The third-order valence-corrected chi connectivity index (χ3v) is 5.96. The number of hydrogen-bond donors (Lipinski definition) is 2. The molecule has 0 unspecified atom stereocenters. The number of hydrogen-bond acceptors (Lipinski definition) is 7. The van der Waals surface area contributed by atoms with Gasteiger partial charge in [0.1, 0.15) is 5.82 Å². The predicted molar refractivity (Wildman–Crippen MR) is 112 cm³/mol. The summed E-state index contributed by atoms with van der Waals surface area (Å²) in [6.45, 7) is 4.33. The molecule has 2 aliphatic heterocycles. The molecular weight excluding hydrogens is 366 g/mol. The molecule has 1 atom stereocenters. The lowest BCUT2D eigenvalue weighted by atomic mass is 9.93. The zero-order chi connectivity index (χ0) is 20.1. The van der Waals surface area contributed by atoms with Crippen LogP contribution >= 0.6 is 0 Å². The van der Waals surface area contributed by atoms with Crippen LogP contribution in [0.4, 0.5) is 11.8 Å². The molecule has 4 rings (SSSR count). The van der Waals surface area contributed by atoms with E-state index < -0.39 is 0 Å². The summed E-state index contributed by atoms with van der Waals surface area (Å²) >= 11 is 0. The van der Waals surface area contributed by atoms with Gasteiger partial charge in [-0.15, -0.1) is 0 Å². The van der Waals surface area contributed by atoms with Crippen molar-refractivity contribution < 1.29 is 4.79 Å². The number of carbonyl (C=O) groups is 1. The molecule has 0 saturated carbocycles. The number of aromatic nitrogens is 3. The Morgan fingerprint density at radius 3 is 2.72 bits per heavy atom. The minimum absolute atomic E-state index is 0.0622. The molecule has 154 valence electrons. The highest BCUT2D eigenvalue weighted by molar-refractivity contribution is 5.78. The first-order valence-electron chi connectivity index (χ1n) is 10.4. The molecule has 8 nitrogen and oxygen atoms in total. The fourth-order valence-electron chi connectivity index (χ4n) is 4.38. The van der Waals surface area contributed by atoms with Crippen LogP contribution in [0, 0.1) is 5.92 Å². The average molecular weight is 396 g/mol. The number of anilines is 2. The molecule has 2 saturated heterocycles. The van der Waals surface area contributed by atoms with Gasteiger partial charge in [-0.2, -0.15) is 4.98 Å². The number of nitrogens with two attached hydrogens (primary N) is 1. The molecule has 2 aromatic rings. The van der Waals surface area contributed by atoms with Crippen molar-refractivity contribution >= 4 is 17.7 Å². The van der Waals surface area contributed by atoms with E-state index in [1.165, 1.54) is 0 Å². The van der Waals surface area contributed by atoms with E-state index in [0.29, 0.717) is 18.5 Å². The summed E-state index contributed by atoms with van der Waals surface area (Å²) in [4.78, 5) is 30.0. The van der Waals surface area contributed by atoms with Crippen molar-refractivity contribution in [1.82, 2.24) is 25.2 Å². The Labute approximate surface area is 171 Å². The smallest absolute Gasteiger partial charge is 0.224 e. The Morgan fingerprint density at radius 2 is 1.97 bits per heavy atom. The number of piperidine rings is 2. The van der Waals surface area contributed by atoms with Crippen LogP contribution in [-0.4, -0.2) is 58.0 Å². The molecule has 2 aliphatic rings. The van der Waals surface area contributed by atoms with Crippen LogP contribution in [0.15, 0.2) is 36.7 Å². The van der Waals surface area contributed by atoms with Crippen molar-refractivity contribution in [2.45, 2.75) is 38.3 Å². The van der Waals surface area contributed by atoms with Gasteiger partial charge in [0.2, 0.25) is 11.9 Å². The van der Waals surface area contributed by atoms with Crippen molar-refractivity contribution in [3.8, 4) is 0 Å². The van der Waals surface area contributed by atoms with Crippen LogP contribution < -0.4 is 16.0 Å². The van der Waals surface area contributed by atoms with E-state index >= 15 is 0 Å². The maximum atomic E-state index is 12.7. The van der Waals surface area contributed by atoms with E-state index in [2.05, 4.69) is 30.1 Å². The van der Waals surface area contributed by atoms with Gasteiger partial charge in [0.05, 0.1) is 18.2 Å². The number of carbonyl (C=O) groups excluding carboxylic acids is 1. The third kappa shape index (κ3) is 5.00. The summed E-state index contributed by atoms with van der Waals surface area (Å²) in [5.41, 5.74) is 6.61. The van der Waals surface area contributed by atoms with Crippen molar-refractivity contribution in [2.75, 3.05) is 36.8 Å². The second kappa shape index (κ2) is 9.17. The number of amides is 1. The molecular formula is C21H29N7O. The van der Waals surface area contributed by atoms with Crippen molar-refractivity contribution in [2.24, 2.45) is 5.92 Å². The molecule has 0 bridgehead atoms. The van der Waals surface area contributed by atoms with Gasteiger partial charge in [-0.3, -0.25) is 14.7 Å². The van der Waals surface area contributed by atoms with Crippen molar-refractivity contribution in [3.63, 3.8) is 0 Å². The number of nitrogen functional groups attached to an aromatic ring is 1. The zero-order valence-corrected chi connectivity index (χ0v) is 16.7. The van der Waals surface area contributed by atoms with Gasteiger partial charge in [-0.05, 0) is 50.4 Å². The largest absolute Gasteiger partial charge is 0.368 e. The van der Waals surface area contributed by atoms with Crippen LogP contribution in [0.25, 0.3) is 0 Å². The number of rotatable bonds is 5. The van der Waals surface area contributed by atoms with E-state index in [-0.39, 0.29) is 11.8 Å². The van der Waals surface area contributed by atoms with Gasteiger partial charge in [0.15, 0.2) is 0 Å². The van der Waals surface area contributed by atoms with Gasteiger partial charge in [0, 0.05) is 38.1 Å². The summed E-state index contributed by atoms with van der Waals surface area (Å²) < 4.78 is 0. The lowest BCUT2D eigenvalue weighted by Gasteiger charge is -2.42. The van der Waals surface area contributed by atoms with E-state index in [0.717, 1.165) is 63.4 Å². The lowest BCUT2D eigenvalue weighted by molar-refractivity contribution is -0.127. The summed E-state index contributed by atoms with van der Waals surface area (Å²) in [6.07, 6.45) is 7.65. The molecule has 0 spiro atoms. The van der Waals surface area contributed by atoms with E-state index in [1.54, 1.807) is 12.4 Å². The Balaban J connectivity index is 1.27. The first kappa shape index (κ1) is 19.6. The summed E-state index contributed by atoms with van der Waals surface area (Å²) in [7, 11) is 0. The molecule has 2 aromatic heterocycles.